The molecule has 1 saturated heterocycles. The third-order valence-electron chi connectivity index (χ3n) is 4.84. The molecule has 5 nitrogen and oxygen atoms in total. The SMILES string of the molecule is C=C(c1nc(Cl)cc2c(O[C@@H]3CCN(C(=O)OC(C)(C)C)C[C@@H]3F)cccc12)C(F)(F)F. The molecule has 1 aliphatic heterocycles. The number of halogens is 5. The van der Waals surface area contributed by atoms with Gasteiger partial charge in [0.05, 0.1) is 17.8 Å². The van der Waals surface area contributed by atoms with Gasteiger partial charge in [0.15, 0.2) is 6.17 Å². The van der Waals surface area contributed by atoms with Gasteiger partial charge in [0.1, 0.15) is 22.6 Å². The van der Waals surface area contributed by atoms with Crippen LogP contribution in [-0.2, 0) is 4.74 Å². The fraction of sp³-hybridized carbons (Fsp3) is 0.455. The number of nitrogens with zero attached hydrogens (tertiary/aromatic N) is 2. The number of fused-ring (bicyclic) bond motifs is 1. The van der Waals surface area contributed by atoms with Crippen molar-refractivity contribution in [2.24, 2.45) is 0 Å². The van der Waals surface area contributed by atoms with Crippen LogP contribution in [-0.4, -0.2) is 53.1 Å². The quantitative estimate of drug-likeness (QED) is 0.393. The molecule has 0 N–H and O–H groups in total. The molecule has 0 spiro atoms. The summed E-state index contributed by atoms with van der Waals surface area (Å²) in [5.74, 6) is 0.168. The van der Waals surface area contributed by atoms with Gasteiger partial charge in [-0.1, -0.05) is 30.3 Å². The summed E-state index contributed by atoms with van der Waals surface area (Å²) >= 11 is 5.96. The standard InChI is InChI=1S/C22H23ClF4N2O3/c1-12(22(25,26)27)19-13-6-5-7-16(14(13)10-18(23)28-19)31-17-8-9-29(11-15(17)24)20(30)32-21(2,3)4/h5-7,10,15,17H,1,8-9,11H2,2-4H3/t15-,17+/m0/s1. The maximum absolute atomic E-state index is 14.8. The zero-order chi connectivity index (χ0) is 23.8. The zero-order valence-corrected chi connectivity index (χ0v) is 18.6. The number of hydrogen-bond acceptors (Lipinski definition) is 4. The van der Waals surface area contributed by atoms with Gasteiger partial charge in [0.2, 0.25) is 0 Å². The Balaban J connectivity index is 1.84. The van der Waals surface area contributed by atoms with E-state index in [0.29, 0.717) is 0 Å². The number of piperidine rings is 1. The summed E-state index contributed by atoms with van der Waals surface area (Å²) in [4.78, 5) is 17.2. The van der Waals surface area contributed by atoms with Crippen molar-refractivity contribution in [1.82, 2.24) is 9.88 Å². The summed E-state index contributed by atoms with van der Waals surface area (Å²) in [6.45, 7) is 8.25. The molecule has 1 fully saturated rings. The van der Waals surface area contributed by atoms with Crippen LogP contribution in [0, 0.1) is 0 Å². The normalized spacial score (nSPS) is 19.7. The summed E-state index contributed by atoms with van der Waals surface area (Å²) in [7, 11) is 0. The molecule has 0 unspecified atom stereocenters. The van der Waals surface area contributed by atoms with Crippen LogP contribution < -0.4 is 4.74 Å². The van der Waals surface area contributed by atoms with Gasteiger partial charge >= 0.3 is 12.3 Å². The Hall–Kier alpha value is -2.55. The molecule has 0 aliphatic carbocycles. The average molecular weight is 475 g/mol. The van der Waals surface area contributed by atoms with E-state index in [0.717, 1.165) is 0 Å². The van der Waals surface area contributed by atoms with Crippen molar-refractivity contribution in [3.05, 3.63) is 41.7 Å². The highest BCUT2D eigenvalue weighted by molar-refractivity contribution is 6.30. The lowest BCUT2D eigenvalue weighted by Gasteiger charge is -2.35. The van der Waals surface area contributed by atoms with Crippen LogP contribution >= 0.6 is 11.6 Å². The van der Waals surface area contributed by atoms with Crippen LogP contribution in [0.3, 0.4) is 0 Å². The molecule has 1 aromatic heterocycles. The Labute approximate surface area is 187 Å². The van der Waals surface area contributed by atoms with E-state index in [1.165, 1.54) is 29.2 Å². The number of pyridine rings is 1. The van der Waals surface area contributed by atoms with Crippen molar-refractivity contribution >= 4 is 34.0 Å². The fourth-order valence-electron chi connectivity index (χ4n) is 3.36. The highest BCUT2D eigenvalue weighted by Gasteiger charge is 2.37. The Kier molecular flexibility index (Phi) is 6.60. The maximum Gasteiger partial charge on any atom is 0.417 e. The smallest absolute Gasteiger partial charge is 0.417 e. The first-order chi connectivity index (χ1) is 14.8. The number of alkyl halides is 4. The summed E-state index contributed by atoms with van der Waals surface area (Å²) in [5.41, 5.74) is -2.26. The number of allylic oxidation sites excluding steroid dienone is 1. The molecule has 0 bridgehead atoms. The first kappa shape index (κ1) is 24.1. The van der Waals surface area contributed by atoms with E-state index in [9.17, 15) is 22.4 Å². The van der Waals surface area contributed by atoms with Crippen LogP contribution in [0.15, 0.2) is 30.8 Å². The number of amides is 1. The molecule has 10 heteroatoms. The number of carbonyl (C=O) groups excluding carboxylic acids is 1. The Morgan fingerprint density at radius 3 is 2.53 bits per heavy atom. The van der Waals surface area contributed by atoms with Gasteiger partial charge in [-0.3, -0.25) is 0 Å². The number of benzene rings is 1. The van der Waals surface area contributed by atoms with Gasteiger partial charge in [0, 0.05) is 23.7 Å². The number of rotatable bonds is 3. The first-order valence-corrected chi connectivity index (χ1v) is 10.3. The molecular formula is C22H23ClF4N2O3. The lowest BCUT2D eigenvalue weighted by atomic mass is 10.0. The molecule has 0 saturated carbocycles. The minimum absolute atomic E-state index is 0.135. The Morgan fingerprint density at radius 2 is 1.94 bits per heavy atom. The molecule has 174 valence electrons. The number of likely N-dealkylation sites (tertiary alicyclic amines) is 1. The minimum atomic E-state index is -4.69. The first-order valence-electron chi connectivity index (χ1n) is 9.90. The maximum atomic E-state index is 14.8. The molecule has 1 amide bonds. The summed E-state index contributed by atoms with van der Waals surface area (Å²) in [6, 6.07) is 5.81. The van der Waals surface area contributed by atoms with Gasteiger partial charge in [0.25, 0.3) is 0 Å². The minimum Gasteiger partial charge on any atom is -0.487 e. The molecule has 1 aliphatic rings. The van der Waals surface area contributed by atoms with Crippen LogP contribution in [0.25, 0.3) is 16.3 Å². The van der Waals surface area contributed by atoms with Crippen LogP contribution in [0.4, 0.5) is 22.4 Å². The van der Waals surface area contributed by atoms with E-state index in [1.54, 1.807) is 20.8 Å². The third kappa shape index (κ3) is 5.43. The fourth-order valence-corrected chi connectivity index (χ4v) is 3.55. The van der Waals surface area contributed by atoms with E-state index in [1.807, 2.05) is 0 Å². The molecule has 3 rings (SSSR count). The number of hydrogen-bond donors (Lipinski definition) is 0. The second kappa shape index (κ2) is 8.77. The van der Waals surface area contributed by atoms with Gasteiger partial charge in [-0.2, -0.15) is 13.2 Å². The Bertz CT molecular complexity index is 1040. The number of ether oxygens (including phenoxy) is 2. The van der Waals surface area contributed by atoms with Crippen LogP contribution in [0.2, 0.25) is 5.15 Å². The van der Waals surface area contributed by atoms with Crippen molar-refractivity contribution in [3.63, 3.8) is 0 Å². The lowest BCUT2D eigenvalue weighted by molar-refractivity contribution is -0.0688. The van der Waals surface area contributed by atoms with Crippen molar-refractivity contribution in [3.8, 4) is 5.75 Å². The Morgan fingerprint density at radius 1 is 1.25 bits per heavy atom. The lowest BCUT2D eigenvalue weighted by Crippen LogP contribution is -2.50. The van der Waals surface area contributed by atoms with Crippen LogP contribution in [0.1, 0.15) is 32.9 Å². The molecule has 0 radical (unpaired) electrons. The van der Waals surface area contributed by atoms with Crippen molar-refractivity contribution < 1.29 is 31.8 Å². The average Bonchev–Trinajstić information content (AvgIpc) is 2.66. The predicted molar refractivity (Wildman–Crippen MR) is 114 cm³/mol. The van der Waals surface area contributed by atoms with E-state index in [2.05, 4.69) is 11.6 Å². The molecule has 2 atom stereocenters. The second-order valence-electron chi connectivity index (χ2n) is 8.51. The summed E-state index contributed by atoms with van der Waals surface area (Å²) in [6.07, 6.45) is -7.55. The highest BCUT2D eigenvalue weighted by Crippen LogP contribution is 2.38. The van der Waals surface area contributed by atoms with Gasteiger partial charge in [-0.25, -0.2) is 14.2 Å². The number of carbonyl (C=O) groups is 1. The zero-order valence-electron chi connectivity index (χ0n) is 17.8. The molecule has 2 aromatic rings. The van der Waals surface area contributed by atoms with E-state index in [4.69, 9.17) is 21.1 Å². The predicted octanol–water partition coefficient (Wildman–Crippen LogP) is 6.19. The van der Waals surface area contributed by atoms with Gasteiger partial charge < -0.3 is 14.4 Å². The molecule has 32 heavy (non-hydrogen) atoms. The monoisotopic (exact) mass is 474 g/mol. The van der Waals surface area contributed by atoms with Crippen LogP contribution in [0.5, 0.6) is 5.75 Å². The van der Waals surface area contributed by atoms with E-state index in [-0.39, 0.29) is 41.2 Å². The summed E-state index contributed by atoms with van der Waals surface area (Å²) < 4.78 is 65.6. The van der Waals surface area contributed by atoms with Gasteiger partial charge in [-0.05, 0) is 32.9 Å². The van der Waals surface area contributed by atoms with Crippen molar-refractivity contribution in [2.75, 3.05) is 13.1 Å². The molecular weight excluding hydrogens is 452 g/mol. The van der Waals surface area contributed by atoms with E-state index < -0.39 is 41.4 Å². The summed E-state index contributed by atoms with van der Waals surface area (Å²) in [5, 5.41) is 0.219. The highest BCUT2D eigenvalue weighted by atomic mass is 35.5. The second-order valence-corrected chi connectivity index (χ2v) is 8.90. The third-order valence-corrected chi connectivity index (χ3v) is 5.04. The van der Waals surface area contributed by atoms with Crippen molar-refractivity contribution in [2.45, 2.75) is 51.2 Å². The van der Waals surface area contributed by atoms with Crippen molar-refractivity contribution in [1.29, 1.82) is 0 Å². The number of aromatic nitrogens is 1. The van der Waals surface area contributed by atoms with Gasteiger partial charge in [-0.15, -0.1) is 0 Å². The topological polar surface area (TPSA) is 51.7 Å². The van der Waals surface area contributed by atoms with E-state index >= 15 is 0 Å². The largest absolute Gasteiger partial charge is 0.487 e. The molecule has 2 heterocycles. The molecule has 1 aromatic carbocycles.